The van der Waals surface area contributed by atoms with Crippen LogP contribution in [0.4, 0.5) is 10.2 Å². The van der Waals surface area contributed by atoms with Crippen molar-refractivity contribution in [2.75, 3.05) is 5.32 Å². The molecule has 132 valence electrons. The molecular weight excluding hydrogens is 331 g/mol. The van der Waals surface area contributed by atoms with E-state index in [1.165, 1.54) is 17.7 Å². The van der Waals surface area contributed by atoms with Gasteiger partial charge in [-0.05, 0) is 23.3 Å². The number of hydrogen-bond donors (Lipinski definition) is 2. The number of H-pyrrole nitrogens is 1. The number of carbonyl (C=O) groups excluding carboxylic acids is 1. The van der Waals surface area contributed by atoms with Gasteiger partial charge in [0.1, 0.15) is 5.82 Å². The van der Waals surface area contributed by atoms with Crippen LogP contribution in [0.25, 0.3) is 0 Å². The molecule has 26 heavy (non-hydrogen) atoms. The fourth-order valence-electron chi connectivity index (χ4n) is 3.27. The molecule has 0 bridgehead atoms. The van der Waals surface area contributed by atoms with E-state index < -0.39 is 0 Å². The van der Waals surface area contributed by atoms with Gasteiger partial charge in [-0.3, -0.25) is 14.8 Å². The second-order valence-electron chi connectivity index (χ2n) is 6.51. The van der Waals surface area contributed by atoms with Gasteiger partial charge in [-0.2, -0.15) is 5.10 Å². The van der Waals surface area contributed by atoms with Gasteiger partial charge in [-0.1, -0.05) is 42.5 Å². The summed E-state index contributed by atoms with van der Waals surface area (Å²) in [6.07, 6.45) is 0.118. The van der Waals surface area contributed by atoms with Gasteiger partial charge in [0, 0.05) is 25.2 Å². The summed E-state index contributed by atoms with van der Waals surface area (Å²) in [4.78, 5) is 14.6. The van der Waals surface area contributed by atoms with Gasteiger partial charge in [-0.25, -0.2) is 4.39 Å². The smallest absolute Gasteiger partial charge is 0.230 e. The van der Waals surface area contributed by atoms with Crippen LogP contribution in [0.15, 0.2) is 54.6 Å². The van der Waals surface area contributed by atoms with E-state index in [1.807, 2.05) is 18.2 Å². The lowest BCUT2D eigenvalue weighted by molar-refractivity contribution is -0.115. The van der Waals surface area contributed by atoms with Crippen molar-refractivity contribution in [2.24, 2.45) is 0 Å². The van der Waals surface area contributed by atoms with Crippen LogP contribution >= 0.6 is 0 Å². The van der Waals surface area contributed by atoms with E-state index in [9.17, 15) is 9.18 Å². The minimum absolute atomic E-state index is 0.118. The summed E-state index contributed by atoms with van der Waals surface area (Å²) in [7, 11) is 0. The van der Waals surface area contributed by atoms with E-state index in [-0.39, 0.29) is 18.1 Å². The van der Waals surface area contributed by atoms with Crippen molar-refractivity contribution < 1.29 is 9.18 Å². The molecule has 0 radical (unpaired) electrons. The van der Waals surface area contributed by atoms with Crippen LogP contribution in [0.5, 0.6) is 0 Å². The van der Waals surface area contributed by atoms with Crippen LogP contribution < -0.4 is 5.32 Å². The maximum atomic E-state index is 13.2. The summed E-state index contributed by atoms with van der Waals surface area (Å²) in [5.41, 5.74) is 3.94. The lowest BCUT2D eigenvalue weighted by atomic mass is 10.1. The van der Waals surface area contributed by atoms with Crippen molar-refractivity contribution in [2.45, 2.75) is 26.1 Å². The summed E-state index contributed by atoms with van der Waals surface area (Å²) < 4.78 is 13.2. The highest BCUT2D eigenvalue weighted by molar-refractivity contribution is 5.92. The highest BCUT2D eigenvalue weighted by Gasteiger charge is 2.25. The van der Waals surface area contributed by atoms with E-state index in [4.69, 9.17) is 0 Å². The summed E-state index contributed by atoms with van der Waals surface area (Å²) in [6, 6.07) is 16.4. The molecule has 3 aromatic rings. The average Bonchev–Trinajstić information content (AvgIpc) is 3.17. The topological polar surface area (TPSA) is 61.0 Å². The zero-order valence-electron chi connectivity index (χ0n) is 14.2. The molecule has 1 aromatic heterocycles. The summed E-state index contributed by atoms with van der Waals surface area (Å²) in [5, 5.41) is 10.1. The number of fused-ring (bicyclic) bond motifs is 1. The Morgan fingerprint density at radius 1 is 1.12 bits per heavy atom. The first kappa shape index (κ1) is 16.5. The standard InChI is InChI=1S/C20H19FN4O/c21-16-8-4-7-15(9-16)10-19(26)22-20-17-12-25(13-18(17)23-24-20)11-14-5-2-1-3-6-14/h1-9H,10-13H2,(H2,22,23,24,26). The number of carbonyl (C=O) groups is 1. The molecule has 1 amide bonds. The number of nitrogens with one attached hydrogen (secondary N) is 2. The highest BCUT2D eigenvalue weighted by Crippen LogP contribution is 2.28. The predicted octanol–water partition coefficient (Wildman–Crippen LogP) is 3.25. The molecule has 5 nitrogen and oxygen atoms in total. The number of nitrogens with zero attached hydrogens (tertiary/aromatic N) is 2. The molecule has 1 aliphatic rings. The van der Waals surface area contributed by atoms with E-state index in [2.05, 4.69) is 32.5 Å². The molecule has 2 heterocycles. The third-order valence-corrected chi connectivity index (χ3v) is 4.48. The number of aromatic nitrogens is 2. The highest BCUT2D eigenvalue weighted by atomic mass is 19.1. The van der Waals surface area contributed by atoms with Gasteiger partial charge in [-0.15, -0.1) is 0 Å². The molecule has 1 aliphatic heterocycles. The Balaban J connectivity index is 1.39. The zero-order chi connectivity index (χ0) is 17.9. The van der Waals surface area contributed by atoms with Gasteiger partial charge < -0.3 is 5.32 Å². The Bertz CT molecular complexity index is 923. The van der Waals surface area contributed by atoms with Gasteiger partial charge in [0.25, 0.3) is 0 Å². The molecule has 0 fully saturated rings. The molecule has 0 spiro atoms. The third-order valence-electron chi connectivity index (χ3n) is 4.48. The van der Waals surface area contributed by atoms with Gasteiger partial charge in [0.2, 0.25) is 5.91 Å². The third kappa shape index (κ3) is 3.65. The fourth-order valence-corrected chi connectivity index (χ4v) is 3.27. The van der Waals surface area contributed by atoms with Crippen LogP contribution in [0.1, 0.15) is 22.4 Å². The van der Waals surface area contributed by atoms with Crippen molar-refractivity contribution in [1.29, 1.82) is 0 Å². The molecule has 2 N–H and O–H groups in total. The van der Waals surface area contributed by atoms with Crippen LogP contribution in [-0.2, 0) is 30.8 Å². The predicted molar refractivity (Wildman–Crippen MR) is 96.7 cm³/mol. The van der Waals surface area contributed by atoms with Crippen molar-refractivity contribution >= 4 is 11.7 Å². The monoisotopic (exact) mass is 350 g/mol. The minimum atomic E-state index is -0.340. The lowest BCUT2D eigenvalue weighted by Gasteiger charge is -2.15. The summed E-state index contributed by atoms with van der Waals surface area (Å²) >= 11 is 0. The van der Waals surface area contributed by atoms with E-state index in [1.54, 1.807) is 12.1 Å². The van der Waals surface area contributed by atoms with Gasteiger partial charge in [0.15, 0.2) is 5.82 Å². The van der Waals surface area contributed by atoms with E-state index in [0.717, 1.165) is 30.9 Å². The molecule has 0 unspecified atom stereocenters. The zero-order valence-corrected chi connectivity index (χ0v) is 14.2. The van der Waals surface area contributed by atoms with Crippen molar-refractivity contribution in [1.82, 2.24) is 15.1 Å². The molecule has 6 heteroatoms. The maximum Gasteiger partial charge on any atom is 0.230 e. The largest absolute Gasteiger partial charge is 0.309 e. The van der Waals surface area contributed by atoms with E-state index >= 15 is 0 Å². The Labute approximate surface area is 150 Å². The van der Waals surface area contributed by atoms with Crippen LogP contribution in [0.2, 0.25) is 0 Å². The summed E-state index contributed by atoms with van der Waals surface area (Å²) in [6.45, 7) is 2.35. The fraction of sp³-hybridized carbons (Fsp3) is 0.200. The number of amides is 1. The second-order valence-corrected chi connectivity index (χ2v) is 6.51. The molecule has 0 saturated carbocycles. The maximum absolute atomic E-state index is 13.2. The number of anilines is 1. The van der Waals surface area contributed by atoms with Crippen LogP contribution in [0, 0.1) is 5.82 Å². The van der Waals surface area contributed by atoms with E-state index in [0.29, 0.717) is 11.4 Å². The summed E-state index contributed by atoms with van der Waals surface area (Å²) in [5.74, 6) is 0.0240. The SMILES string of the molecule is O=C(Cc1cccc(F)c1)Nc1n[nH]c2c1CN(Cc1ccccc1)C2. The Kier molecular flexibility index (Phi) is 4.50. The molecule has 0 aliphatic carbocycles. The van der Waals surface area contributed by atoms with Crippen molar-refractivity contribution in [3.05, 3.63) is 82.8 Å². The molecular formula is C20H19FN4O. The Morgan fingerprint density at radius 2 is 1.92 bits per heavy atom. The first-order valence-corrected chi connectivity index (χ1v) is 8.54. The lowest BCUT2D eigenvalue weighted by Crippen LogP contribution is -2.18. The minimum Gasteiger partial charge on any atom is -0.309 e. The molecule has 0 saturated heterocycles. The number of aromatic amines is 1. The normalized spacial score (nSPS) is 13.6. The van der Waals surface area contributed by atoms with Crippen molar-refractivity contribution in [3.63, 3.8) is 0 Å². The molecule has 0 atom stereocenters. The molecule has 4 rings (SSSR count). The van der Waals surface area contributed by atoms with Crippen LogP contribution in [-0.4, -0.2) is 21.0 Å². The number of benzene rings is 2. The van der Waals surface area contributed by atoms with Crippen LogP contribution in [0.3, 0.4) is 0 Å². The number of hydrogen-bond acceptors (Lipinski definition) is 3. The second kappa shape index (κ2) is 7.09. The first-order valence-electron chi connectivity index (χ1n) is 8.54. The number of rotatable bonds is 5. The molecule has 2 aromatic carbocycles. The van der Waals surface area contributed by atoms with Gasteiger partial charge in [0.05, 0.1) is 12.1 Å². The Hall–Kier alpha value is -2.99. The Morgan fingerprint density at radius 3 is 2.73 bits per heavy atom. The van der Waals surface area contributed by atoms with Gasteiger partial charge >= 0.3 is 0 Å². The van der Waals surface area contributed by atoms with Crippen molar-refractivity contribution in [3.8, 4) is 0 Å². The quantitative estimate of drug-likeness (QED) is 0.743. The average molecular weight is 350 g/mol. The first-order chi connectivity index (χ1) is 12.7. The number of halogens is 1.